The zero-order valence-corrected chi connectivity index (χ0v) is 14.5. The molecule has 1 heterocycles. The van der Waals surface area contributed by atoms with Crippen molar-refractivity contribution in [3.05, 3.63) is 35.5 Å². The van der Waals surface area contributed by atoms with E-state index < -0.39 is 0 Å². The first-order valence-electron chi connectivity index (χ1n) is 8.15. The molecule has 7 nitrogen and oxygen atoms in total. The number of ether oxygens (including phenoxy) is 1. The van der Waals surface area contributed by atoms with Crippen molar-refractivity contribution < 1.29 is 18.4 Å². The summed E-state index contributed by atoms with van der Waals surface area (Å²) in [5.41, 5.74) is 1.10. The molecule has 1 aromatic heterocycles. The van der Waals surface area contributed by atoms with Crippen LogP contribution in [-0.2, 0) is 16.0 Å². The van der Waals surface area contributed by atoms with Crippen LogP contribution in [0.3, 0.4) is 0 Å². The lowest BCUT2D eigenvalue weighted by molar-refractivity contribution is -0.121. The maximum Gasteiger partial charge on any atom is 0.227 e. The number of hydrogen-bond acceptors (Lipinski definition) is 6. The van der Waals surface area contributed by atoms with Crippen molar-refractivity contribution in [2.75, 3.05) is 33.4 Å². The molecule has 1 aromatic carbocycles. The number of aromatic nitrogens is 2. The maximum atomic E-state index is 13.6. The van der Waals surface area contributed by atoms with E-state index in [0.29, 0.717) is 49.0 Å². The fourth-order valence-corrected chi connectivity index (χ4v) is 2.10. The molecule has 0 aliphatic carbocycles. The first-order valence-corrected chi connectivity index (χ1v) is 8.15. The SMILES string of the molecule is COCCNCCNC(=O)CCc1nc(-c2ccc(C)c(F)c2)no1. The van der Waals surface area contributed by atoms with Gasteiger partial charge in [0, 0.05) is 45.1 Å². The number of amides is 1. The monoisotopic (exact) mass is 350 g/mol. The first-order chi connectivity index (χ1) is 12.1. The van der Waals surface area contributed by atoms with E-state index in [-0.39, 0.29) is 18.1 Å². The molecule has 25 heavy (non-hydrogen) atoms. The zero-order valence-electron chi connectivity index (χ0n) is 14.5. The minimum Gasteiger partial charge on any atom is -0.383 e. The number of carbonyl (C=O) groups is 1. The van der Waals surface area contributed by atoms with E-state index >= 15 is 0 Å². The second-order valence-corrected chi connectivity index (χ2v) is 5.57. The summed E-state index contributed by atoms with van der Waals surface area (Å²) in [5, 5.41) is 9.77. The Morgan fingerprint density at radius 2 is 2.16 bits per heavy atom. The third-order valence-electron chi connectivity index (χ3n) is 3.57. The molecular formula is C17H23FN4O3. The van der Waals surface area contributed by atoms with Gasteiger partial charge in [0.15, 0.2) is 0 Å². The van der Waals surface area contributed by atoms with Crippen molar-refractivity contribution in [2.45, 2.75) is 19.8 Å². The summed E-state index contributed by atoms with van der Waals surface area (Å²) >= 11 is 0. The van der Waals surface area contributed by atoms with Gasteiger partial charge in [-0.2, -0.15) is 4.98 Å². The van der Waals surface area contributed by atoms with Crippen LogP contribution >= 0.6 is 0 Å². The number of carbonyl (C=O) groups excluding carboxylic acids is 1. The predicted octanol–water partition coefficient (Wildman–Crippen LogP) is 1.47. The van der Waals surface area contributed by atoms with Crippen molar-refractivity contribution in [2.24, 2.45) is 0 Å². The van der Waals surface area contributed by atoms with Gasteiger partial charge in [-0.25, -0.2) is 4.39 Å². The molecule has 0 saturated heterocycles. The fraction of sp³-hybridized carbons (Fsp3) is 0.471. The minimum atomic E-state index is -0.317. The van der Waals surface area contributed by atoms with Crippen molar-refractivity contribution in [1.29, 1.82) is 0 Å². The third kappa shape index (κ3) is 6.24. The van der Waals surface area contributed by atoms with Crippen LogP contribution < -0.4 is 10.6 Å². The quantitative estimate of drug-likeness (QED) is 0.631. The maximum absolute atomic E-state index is 13.6. The van der Waals surface area contributed by atoms with Gasteiger partial charge in [0.05, 0.1) is 6.61 Å². The fourth-order valence-electron chi connectivity index (χ4n) is 2.10. The highest BCUT2D eigenvalue weighted by Crippen LogP contribution is 2.19. The first kappa shape index (κ1) is 19.0. The molecule has 0 aliphatic rings. The average Bonchev–Trinajstić information content (AvgIpc) is 3.07. The number of halogens is 1. The lowest BCUT2D eigenvalue weighted by Gasteiger charge is -2.05. The Morgan fingerprint density at radius 1 is 1.32 bits per heavy atom. The topological polar surface area (TPSA) is 89.3 Å². The highest BCUT2D eigenvalue weighted by molar-refractivity contribution is 5.76. The molecule has 0 radical (unpaired) electrons. The molecule has 8 heteroatoms. The Hall–Kier alpha value is -2.32. The number of nitrogens with zero attached hydrogens (tertiary/aromatic N) is 2. The number of benzene rings is 1. The van der Waals surface area contributed by atoms with E-state index in [2.05, 4.69) is 20.8 Å². The van der Waals surface area contributed by atoms with E-state index in [1.807, 2.05) is 0 Å². The summed E-state index contributed by atoms with van der Waals surface area (Å²) in [6.45, 7) is 4.29. The van der Waals surface area contributed by atoms with Crippen LogP contribution in [0.25, 0.3) is 11.4 Å². The van der Waals surface area contributed by atoms with Crippen molar-refractivity contribution in [1.82, 2.24) is 20.8 Å². The van der Waals surface area contributed by atoms with Crippen molar-refractivity contribution in [3.63, 3.8) is 0 Å². The molecule has 2 N–H and O–H groups in total. The highest BCUT2D eigenvalue weighted by atomic mass is 19.1. The van der Waals surface area contributed by atoms with Gasteiger partial charge < -0.3 is 19.9 Å². The molecule has 1 amide bonds. The van der Waals surface area contributed by atoms with Gasteiger partial charge in [-0.3, -0.25) is 4.79 Å². The van der Waals surface area contributed by atoms with E-state index in [4.69, 9.17) is 9.26 Å². The number of aryl methyl sites for hydroxylation is 2. The zero-order chi connectivity index (χ0) is 18.1. The summed E-state index contributed by atoms with van der Waals surface area (Å²) < 4.78 is 23.6. The van der Waals surface area contributed by atoms with Crippen LogP contribution in [0.15, 0.2) is 22.7 Å². The molecule has 0 spiro atoms. The number of methoxy groups -OCH3 is 1. The van der Waals surface area contributed by atoms with E-state index in [1.54, 1.807) is 26.2 Å². The summed E-state index contributed by atoms with van der Waals surface area (Å²) in [7, 11) is 1.64. The molecule has 2 aromatic rings. The van der Waals surface area contributed by atoms with E-state index in [1.165, 1.54) is 6.07 Å². The molecular weight excluding hydrogens is 327 g/mol. The number of rotatable bonds is 10. The van der Waals surface area contributed by atoms with Crippen molar-refractivity contribution in [3.8, 4) is 11.4 Å². The molecule has 2 rings (SSSR count). The van der Waals surface area contributed by atoms with Gasteiger partial charge in [0.25, 0.3) is 0 Å². The van der Waals surface area contributed by atoms with Crippen LogP contribution in [-0.4, -0.2) is 49.4 Å². The van der Waals surface area contributed by atoms with E-state index in [9.17, 15) is 9.18 Å². The van der Waals surface area contributed by atoms with Crippen LogP contribution in [0.2, 0.25) is 0 Å². The van der Waals surface area contributed by atoms with Gasteiger partial charge in [-0.1, -0.05) is 17.3 Å². The normalized spacial score (nSPS) is 10.8. The standard InChI is InChI=1S/C17H23FN4O3/c1-12-3-4-13(11-14(12)18)17-21-16(25-22-17)6-5-15(23)20-8-7-19-9-10-24-2/h3-4,11,19H,5-10H2,1-2H3,(H,20,23). The van der Waals surface area contributed by atoms with E-state index in [0.717, 1.165) is 6.54 Å². The molecule has 0 atom stereocenters. The Bertz CT molecular complexity index is 690. The summed E-state index contributed by atoms with van der Waals surface area (Å²) in [4.78, 5) is 16.0. The van der Waals surface area contributed by atoms with Crippen LogP contribution in [0.1, 0.15) is 17.9 Å². The van der Waals surface area contributed by atoms with Crippen molar-refractivity contribution >= 4 is 5.91 Å². The molecule has 0 bridgehead atoms. The van der Waals surface area contributed by atoms with Gasteiger partial charge in [-0.05, 0) is 18.6 Å². The van der Waals surface area contributed by atoms with Gasteiger partial charge >= 0.3 is 0 Å². The Kier molecular flexibility index (Phi) is 7.49. The highest BCUT2D eigenvalue weighted by Gasteiger charge is 2.11. The van der Waals surface area contributed by atoms with Gasteiger partial charge in [0.1, 0.15) is 5.82 Å². The average molecular weight is 350 g/mol. The Balaban J connectivity index is 1.74. The lowest BCUT2D eigenvalue weighted by Crippen LogP contribution is -2.33. The van der Waals surface area contributed by atoms with Gasteiger partial charge in [-0.15, -0.1) is 0 Å². The van der Waals surface area contributed by atoms with Crippen LogP contribution in [0, 0.1) is 12.7 Å². The minimum absolute atomic E-state index is 0.0883. The summed E-state index contributed by atoms with van der Waals surface area (Å²) in [5.74, 6) is 0.262. The molecule has 0 unspecified atom stereocenters. The van der Waals surface area contributed by atoms with Gasteiger partial charge in [0.2, 0.25) is 17.6 Å². The Labute approximate surface area is 145 Å². The summed E-state index contributed by atoms with van der Waals surface area (Å²) in [6.07, 6.45) is 0.590. The van der Waals surface area contributed by atoms with Crippen LogP contribution in [0.5, 0.6) is 0 Å². The molecule has 136 valence electrons. The Morgan fingerprint density at radius 3 is 2.92 bits per heavy atom. The molecule has 0 saturated carbocycles. The second kappa shape index (κ2) is 9.85. The molecule has 0 fully saturated rings. The molecule has 0 aliphatic heterocycles. The van der Waals surface area contributed by atoms with Crippen LogP contribution in [0.4, 0.5) is 4.39 Å². The number of hydrogen-bond donors (Lipinski definition) is 2. The largest absolute Gasteiger partial charge is 0.383 e. The number of nitrogens with one attached hydrogen (secondary N) is 2. The second-order valence-electron chi connectivity index (χ2n) is 5.57. The smallest absolute Gasteiger partial charge is 0.227 e. The third-order valence-corrected chi connectivity index (χ3v) is 3.57. The summed E-state index contributed by atoms with van der Waals surface area (Å²) in [6, 6.07) is 4.76. The predicted molar refractivity (Wildman–Crippen MR) is 90.5 cm³/mol. The lowest BCUT2D eigenvalue weighted by atomic mass is 10.1.